The van der Waals surface area contributed by atoms with Crippen molar-refractivity contribution in [1.82, 2.24) is 0 Å². The molecule has 6 heteroatoms. The maximum Gasteiger partial charge on any atom is 0.344 e. The number of likely N-dealkylation sites (N-methyl/N-ethyl adjacent to an activating group) is 1. The van der Waals surface area contributed by atoms with Crippen LogP contribution in [-0.4, -0.2) is 31.6 Å². The van der Waals surface area contributed by atoms with Gasteiger partial charge in [0.05, 0.1) is 5.69 Å². The van der Waals surface area contributed by atoms with Crippen molar-refractivity contribution in [3.63, 3.8) is 0 Å². The summed E-state index contributed by atoms with van der Waals surface area (Å²) in [7, 11) is 0. The summed E-state index contributed by atoms with van der Waals surface area (Å²) >= 11 is 0. The van der Waals surface area contributed by atoms with Crippen molar-refractivity contribution in [2.45, 2.75) is 6.92 Å². The third-order valence-corrected chi connectivity index (χ3v) is 4.21. The molecule has 0 aromatic heterocycles. The standard InChI is InChI=1S/C22H20FNO4/c1-2-24(19-12-7-9-16-8-3-4-10-17(16)19)21(25)14-28-22(26)15-27-20-13-6-5-11-18(20)23/h3-13H,2,14-15H2,1H3. The highest BCUT2D eigenvalue weighted by molar-refractivity contribution is 6.04. The van der Waals surface area contributed by atoms with Crippen molar-refractivity contribution in [1.29, 1.82) is 0 Å². The molecule has 0 unspecified atom stereocenters. The summed E-state index contributed by atoms with van der Waals surface area (Å²) in [6, 6.07) is 19.2. The lowest BCUT2D eigenvalue weighted by atomic mass is 10.1. The van der Waals surface area contributed by atoms with Gasteiger partial charge in [-0.3, -0.25) is 4.79 Å². The molecule has 0 spiro atoms. The van der Waals surface area contributed by atoms with E-state index in [0.29, 0.717) is 6.54 Å². The van der Waals surface area contributed by atoms with Gasteiger partial charge in [0.2, 0.25) is 0 Å². The Labute approximate surface area is 162 Å². The Morgan fingerprint density at radius 2 is 1.64 bits per heavy atom. The lowest BCUT2D eigenvalue weighted by Crippen LogP contribution is -2.35. The van der Waals surface area contributed by atoms with Crippen LogP contribution in [0.25, 0.3) is 10.8 Å². The Morgan fingerprint density at radius 1 is 0.929 bits per heavy atom. The second kappa shape index (κ2) is 8.99. The summed E-state index contributed by atoms with van der Waals surface area (Å²) in [5.41, 5.74) is 0.754. The van der Waals surface area contributed by atoms with Crippen LogP contribution in [0.2, 0.25) is 0 Å². The first-order valence-corrected chi connectivity index (χ1v) is 8.91. The number of halogens is 1. The molecule has 1 amide bonds. The predicted molar refractivity (Wildman–Crippen MR) is 105 cm³/mol. The summed E-state index contributed by atoms with van der Waals surface area (Å²) in [6.45, 7) is 1.38. The Hall–Kier alpha value is -3.41. The van der Waals surface area contributed by atoms with Crippen LogP contribution < -0.4 is 9.64 Å². The van der Waals surface area contributed by atoms with E-state index in [4.69, 9.17) is 9.47 Å². The van der Waals surface area contributed by atoms with E-state index in [0.717, 1.165) is 16.5 Å². The summed E-state index contributed by atoms with van der Waals surface area (Å²) < 4.78 is 23.6. The number of carbonyl (C=O) groups is 2. The Kier molecular flexibility index (Phi) is 6.22. The number of anilines is 1. The molecule has 3 aromatic rings. The highest BCUT2D eigenvalue weighted by atomic mass is 19.1. The highest BCUT2D eigenvalue weighted by Crippen LogP contribution is 2.26. The molecule has 0 radical (unpaired) electrons. The van der Waals surface area contributed by atoms with Gasteiger partial charge in [0, 0.05) is 11.9 Å². The van der Waals surface area contributed by atoms with Gasteiger partial charge in [-0.15, -0.1) is 0 Å². The van der Waals surface area contributed by atoms with E-state index in [1.807, 2.05) is 49.4 Å². The van der Waals surface area contributed by atoms with E-state index in [1.54, 1.807) is 11.0 Å². The Bertz CT molecular complexity index is 984. The van der Waals surface area contributed by atoms with Gasteiger partial charge < -0.3 is 14.4 Å². The zero-order valence-corrected chi connectivity index (χ0v) is 15.4. The zero-order valence-electron chi connectivity index (χ0n) is 15.4. The van der Waals surface area contributed by atoms with Gasteiger partial charge in [-0.2, -0.15) is 0 Å². The van der Waals surface area contributed by atoms with E-state index in [-0.39, 0.29) is 11.7 Å². The molecule has 0 bridgehead atoms. The molecule has 0 heterocycles. The lowest BCUT2D eigenvalue weighted by molar-refractivity contribution is -0.149. The maximum absolute atomic E-state index is 13.5. The molecule has 28 heavy (non-hydrogen) atoms. The average molecular weight is 381 g/mol. The molecule has 5 nitrogen and oxygen atoms in total. The van der Waals surface area contributed by atoms with Crippen molar-refractivity contribution < 1.29 is 23.5 Å². The van der Waals surface area contributed by atoms with Crippen LogP contribution in [-0.2, 0) is 14.3 Å². The second-order valence-electron chi connectivity index (χ2n) is 6.02. The molecular formula is C22H20FNO4. The maximum atomic E-state index is 13.5. The number of amides is 1. The molecule has 0 fully saturated rings. The summed E-state index contributed by atoms with van der Waals surface area (Å²) in [5.74, 6) is -1.71. The van der Waals surface area contributed by atoms with E-state index < -0.39 is 25.0 Å². The van der Waals surface area contributed by atoms with E-state index in [9.17, 15) is 14.0 Å². The van der Waals surface area contributed by atoms with Crippen LogP contribution >= 0.6 is 0 Å². The molecule has 0 aliphatic carbocycles. The molecule has 0 aliphatic rings. The quantitative estimate of drug-likeness (QED) is 0.582. The van der Waals surface area contributed by atoms with Crippen molar-refractivity contribution in [3.8, 4) is 5.75 Å². The van der Waals surface area contributed by atoms with Crippen molar-refractivity contribution in [2.24, 2.45) is 0 Å². The van der Waals surface area contributed by atoms with Gasteiger partial charge in [-0.1, -0.05) is 48.5 Å². The molecule has 3 rings (SSSR count). The lowest BCUT2D eigenvalue weighted by Gasteiger charge is -2.22. The highest BCUT2D eigenvalue weighted by Gasteiger charge is 2.18. The first-order valence-electron chi connectivity index (χ1n) is 8.91. The van der Waals surface area contributed by atoms with Crippen LogP contribution in [0.3, 0.4) is 0 Å². The molecule has 0 saturated carbocycles. The van der Waals surface area contributed by atoms with Gasteiger partial charge in [-0.05, 0) is 30.5 Å². The van der Waals surface area contributed by atoms with Crippen LogP contribution in [0.1, 0.15) is 6.92 Å². The van der Waals surface area contributed by atoms with Crippen molar-refractivity contribution in [3.05, 3.63) is 72.5 Å². The topological polar surface area (TPSA) is 55.8 Å². The molecule has 0 atom stereocenters. The monoisotopic (exact) mass is 381 g/mol. The number of ether oxygens (including phenoxy) is 2. The fourth-order valence-corrected chi connectivity index (χ4v) is 2.89. The predicted octanol–water partition coefficient (Wildman–Crippen LogP) is 3.95. The fraction of sp³-hybridized carbons (Fsp3) is 0.182. The van der Waals surface area contributed by atoms with Crippen molar-refractivity contribution >= 4 is 28.3 Å². The normalized spacial score (nSPS) is 10.5. The fourth-order valence-electron chi connectivity index (χ4n) is 2.89. The largest absolute Gasteiger partial charge is 0.479 e. The number of esters is 1. The molecule has 3 aromatic carbocycles. The number of para-hydroxylation sites is 1. The van der Waals surface area contributed by atoms with E-state index in [1.165, 1.54) is 18.2 Å². The number of nitrogens with zero attached hydrogens (tertiary/aromatic N) is 1. The van der Waals surface area contributed by atoms with Crippen LogP contribution in [0.15, 0.2) is 66.7 Å². The summed E-state index contributed by atoms with van der Waals surface area (Å²) in [6.07, 6.45) is 0. The van der Waals surface area contributed by atoms with Gasteiger partial charge in [0.25, 0.3) is 5.91 Å². The number of benzene rings is 3. The number of fused-ring (bicyclic) bond motifs is 1. The number of hydrogen-bond donors (Lipinski definition) is 0. The average Bonchev–Trinajstić information content (AvgIpc) is 2.72. The van der Waals surface area contributed by atoms with Crippen LogP contribution in [0.4, 0.5) is 10.1 Å². The van der Waals surface area contributed by atoms with Gasteiger partial charge in [-0.25, -0.2) is 9.18 Å². The van der Waals surface area contributed by atoms with E-state index >= 15 is 0 Å². The minimum Gasteiger partial charge on any atom is -0.479 e. The SMILES string of the molecule is CCN(C(=O)COC(=O)COc1ccccc1F)c1cccc2ccccc12. The minimum atomic E-state index is -0.745. The Balaban J connectivity index is 1.61. The minimum absolute atomic E-state index is 0.0447. The van der Waals surface area contributed by atoms with Gasteiger partial charge in [0.1, 0.15) is 0 Å². The molecular weight excluding hydrogens is 361 g/mol. The number of carbonyl (C=O) groups excluding carboxylic acids is 2. The first kappa shape index (κ1) is 19.4. The third-order valence-electron chi connectivity index (χ3n) is 4.21. The molecule has 144 valence electrons. The summed E-state index contributed by atoms with van der Waals surface area (Å²) in [4.78, 5) is 26.0. The van der Waals surface area contributed by atoms with Crippen LogP contribution in [0, 0.1) is 5.82 Å². The Morgan fingerprint density at radius 3 is 2.43 bits per heavy atom. The van der Waals surface area contributed by atoms with E-state index in [2.05, 4.69) is 0 Å². The number of hydrogen-bond acceptors (Lipinski definition) is 4. The molecule has 0 aliphatic heterocycles. The van der Waals surface area contributed by atoms with Crippen LogP contribution in [0.5, 0.6) is 5.75 Å². The first-order chi connectivity index (χ1) is 13.6. The zero-order chi connectivity index (χ0) is 19.9. The smallest absolute Gasteiger partial charge is 0.344 e. The second-order valence-corrected chi connectivity index (χ2v) is 6.02. The molecule has 0 saturated heterocycles. The summed E-state index contributed by atoms with van der Waals surface area (Å²) in [5, 5.41) is 1.95. The molecule has 0 N–H and O–H groups in total. The number of rotatable bonds is 7. The third kappa shape index (κ3) is 4.46. The van der Waals surface area contributed by atoms with Gasteiger partial charge in [0.15, 0.2) is 24.8 Å². The van der Waals surface area contributed by atoms with Crippen molar-refractivity contribution in [2.75, 3.05) is 24.7 Å². The van der Waals surface area contributed by atoms with Gasteiger partial charge >= 0.3 is 5.97 Å².